The van der Waals surface area contributed by atoms with Crippen molar-refractivity contribution in [2.45, 2.75) is 26.6 Å². The molecular weight excluding hydrogens is 391 g/mol. The fourth-order valence-electron chi connectivity index (χ4n) is 2.66. The van der Waals surface area contributed by atoms with Crippen LogP contribution >= 0.6 is 0 Å². The number of para-hydroxylation sites is 2. The summed E-state index contributed by atoms with van der Waals surface area (Å²) in [6.07, 6.45) is -1.27. The molecule has 1 heterocycles. The van der Waals surface area contributed by atoms with Crippen LogP contribution in [0.2, 0.25) is 0 Å². The first-order chi connectivity index (χ1) is 13.8. The average Bonchev–Trinajstić information content (AvgIpc) is 2.99. The SMILES string of the molecule is Cc1c(C(=O)O[C@H](C)C(=O)Nc2ccccc2OC(F)F)oc2ccc(F)cc12. The number of fused-ring (bicyclic) bond motifs is 1. The third-order valence-electron chi connectivity index (χ3n) is 4.10. The van der Waals surface area contributed by atoms with Crippen molar-refractivity contribution >= 4 is 28.5 Å². The molecule has 0 saturated heterocycles. The van der Waals surface area contributed by atoms with E-state index in [1.165, 1.54) is 49.4 Å². The Kier molecular flexibility index (Phi) is 5.76. The van der Waals surface area contributed by atoms with E-state index in [2.05, 4.69) is 10.1 Å². The number of furan rings is 1. The minimum Gasteiger partial charge on any atom is -0.449 e. The maximum absolute atomic E-state index is 13.4. The Morgan fingerprint density at radius 3 is 2.59 bits per heavy atom. The normalized spacial score (nSPS) is 12.1. The molecule has 1 N–H and O–H groups in total. The van der Waals surface area contributed by atoms with E-state index in [4.69, 9.17) is 9.15 Å². The van der Waals surface area contributed by atoms with Gasteiger partial charge in [-0.25, -0.2) is 9.18 Å². The minimum atomic E-state index is -3.07. The molecule has 3 rings (SSSR count). The van der Waals surface area contributed by atoms with E-state index in [9.17, 15) is 22.8 Å². The molecule has 29 heavy (non-hydrogen) atoms. The second kappa shape index (κ2) is 8.26. The molecule has 0 aliphatic carbocycles. The lowest BCUT2D eigenvalue weighted by Gasteiger charge is -2.15. The molecule has 0 bridgehead atoms. The molecule has 0 aliphatic heterocycles. The van der Waals surface area contributed by atoms with Crippen LogP contribution in [0.3, 0.4) is 0 Å². The number of hydrogen-bond donors (Lipinski definition) is 1. The van der Waals surface area contributed by atoms with Gasteiger partial charge in [-0.15, -0.1) is 0 Å². The van der Waals surface area contributed by atoms with E-state index >= 15 is 0 Å². The number of aryl methyl sites for hydroxylation is 1. The first kappa shape index (κ1) is 20.2. The van der Waals surface area contributed by atoms with Gasteiger partial charge in [0.1, 0.15) is 17.1 Å². The van der Waals surface area contributed by atoms with Gasteiger partial charge in [0.25, 0.3) is 5.91 Å². The largest absolute Gasteiger partial charge is 0.449 e. The summed E-state index contributed by atoms with van der Waals surface area (Å²) in [5, 5.41) is 2.78. The smallest absolute Gasteiger partial charge is 0.387 e. The van der Waals surface area contributed by atoms with Gasteiger partial charge >= 0.3 is 12.6 Å². The van der Waals surface area contributed by atoms with Crippen molar-refractivity contribution < 1.29 is 36.7 Å². The molecule has 0 unspecified atom stereocenters. The highest BCUT2D eigenvalue weighted by molar-refractivity contribution is 5.99. The van der Waals surface area contributed by atoms with Crippen molar-refractivity contribution in [1.29, 1.82) is 0 Å². The van der Waals surface area contributed by atoms with E-state index in [1.807, 2.05) is 0 Å². The number of halogens is 3. The highest BCUT2D eigenvalue weighted by atomic mass is 19.3. The number of ether oxygens (including phenoxy) is 2. The number of esters is 1. The van der Waals surface area contributed by atoms with E-state index in [1.54, 1.807) is 6.92 Å². The number of anilines is 1. The van der Waals surface area contributed by atoms with Crippen LogP contribution in [0.1, 0.15) is 23.0 Å². The fourth-order valence-corrected chi connectivity index (χ4v) is 2.66. The topological polar surface area (TPSA) is 77.8 Å². The number of benzene rings is 2. The van der Waals surface area contributed by atoms with Gasteiger partial charge in [0.2, 0.25) is 5.76 Å². The van der Waals surface area contributed by atoms with Crippen LogP contribution in [0.4, 0.5) is 18.9 Å². The van der Waals surface area contributed by atoms with E-state index in [-0.39, 0.29) is 17.2 Å². The van der Waals surface area contributed by atoms with Crippen LogP contribution in [-0.2, 0) is 9.53 Å². The molecule has 6 nitrogen and oxygen atoms in total. The molecule has 0 spiro atoms. The first-order valence-corrected chi connectivity index (χ1v) is 8.50. The number of nitrogens with one attached hydrogen (secondary N) is 1. The first-order valence-electron chi connectivity index (χ1n) is 8.50. The number of amides is 1. The lowest BCUT2D eigenvalue weighted by atomic mass is 10.1. The number of rotatable bonds is 6. The standard InChI is InChI=1S/C20H16F3NO5/c1-10-13-9-12(21)7-8-15(13)28-17(10)19(26)27-11(2)18(25)24-14-5-3-4-6-16(14)29-20(22)23/h3-9,11,20H,1-2H3,(H,24,25)/t11-/m1/s1. The highest BCUT2D eigenvalue weighted by Gasteiger charge is 2.25. The summed E-state index contributed by atoms with van der Waals surface area (Å²) >= 11 is 0. The maximum atomic E-state index is 13.4. The zero-order chi connectivity index (χ0) is 21.1. The molecule has 9 heteroatoms. The summed E-state index contributed by atoms with van der Waals surface area (Å²) in [5.74, 6) is -2.56. The summed E-state index contributed by atoms with van der Waals surface area (Å²) < 4.78 is 53.2. The van der Waals surface area contributed by atoms with Crippen LogP contribution in [0.5, 0.6) is 5.75 Å². The lowest BCUT2D eigenvalue weighted by molar-refractivity contribution is -0.124. The number of hydrogen-bond acceptors (Lipinski definition) is 5. The third kappa shape index (κ3) is 4.50. The second-order valence-electron chi connectivity index (χ2n) is 6.11. The van der Waals surface area contributed by atoms with Crippen molar-refractivity contribution in [3.05, 3.63) is 59.6 Å². The predicted molar refractivity (Wildman–Crippen MR) is 97.5 cm³/mol. The van der Waals surface area contributed by atoms with Crippen LogP contribution in [-0.4, -0.2) is 24.6 Å². The molecule has 0 radical (unpaired) electrons. The van der Waals surface area contributed by atoms with Gasteiger partial charge in [-0.1, -0.05) is 12.1 Å². The van der Waals surface area contributed by atoms with Gasteiger partial charge in [0.05, 0.1) is 5.69 Å². The molecule has 2 aromatic carbocycles. The van der Waals surface area contributed by atoms with Crippen molar-refractivity contribution in [2.24, 2.45) is 0 Å². The van der Waals surface area contributed by atoms with Crippen LogP contribution < -0.4 is 10.1 Å². The Morgan fingerprint density at radius 1 is 1.14 bits per heavy atom. The van der Waals surface area contributed by atoms with Crippen molar-refractivity contribution in [3.8, 4) is 5.75 Å². The van der Waals surface area contributed by atoms with E-state index in [0.29, 0.717) is 16.5 Å². The number of carbonyl (C=O) groups is 2. The Morgan fingerprint density at radius 2 is 1.86 bits per heavy atom. The summed E-state index contributed by atoms with van der Waals surface area (Å²) in [7, 11) is 0. The average molecular weight is 407 g/mol. The molecule has 0 fully saturated rings. The molecule has 0 aliphatic rings. The highest BCUT2D eigenvalue weighted by Crippen LogP contribution is 2.28. The van der Waals surface area contributed by atoms with E-state index < -0.39 is 30.4 Å². The Balaban J connectivity index is 1.72. The third-order valence-corrected chi connectivity index (χ3v) is 4.10. The van der Waals surface area contributed by atoms with Crippen LogP contribution in [0.15, 0.2) is 46.9 Å². The molecule has 1 amide bonds. The maximum Gasteiger partial charge on any atom is 0.387 e. The van der Waals surface area contributed by atoms with Gasteiger partial charge in [-0.05, 0) is 44.2 Å². The van der Waals surface area contributed by atoms with Crippen LogP contribution in [0.25, 0.3) is 11.0 Å². The predicted octanol–water partition coefficient (Wildman–Crippen LogP) is 4.67. The molecular formula is C20H16F3NO5. The van der Waals surface area contributed by atoms with Gasteiger partial charge < -0.3 is 19.2 Å². The summed E-state index contributed by atoms with van der Waals surface area (Å²) in [4.78, 5) is 24.7. The van der Waals surface area contributed by atoms with E-state index in [0.717, 1.165) is 0 Å². The van der Waals surface area contributed by atoms with Gasteiger partial charge in [-0.3, -0.25) is 4.79 Å². The fraction of sp³-hybridized carbons (Fsp3) is 0.200. The quantitative estimate of drug-likeness (QED) is 0.601. The monoisotopic (exact) mass is 407 g/mol. The van der Waals surface area contributed by atoms with Crippen molar-refractivity contribution in [3.63, 3.8) is 0 Å². The molecule has 0 saturated carbocycles. The zero-order valence-corrected chi connectivity index (χ0v) is 15.4. The van der Waals surface area contributed by atoms with Gasteiger partial charge in [0, 0.05) is 10.9 Å². The van der Waals surface area contributed by atoms with Gasteiger partial charge in [0.15, 0.2) is 6.10 Å². The molecule has 1 aromatic heterocycles. The Labute approximate surface area is 163 Å². The minimum absolute atomic E-state index is 0.00362. The van der Waals surface area contributed by atoms with Crippen molar-refractivity contribution in [2.75, 3.05) is 5.32 Å². The molecule has 3 aromatic rings. The molecule has 1 atom stereocenters. The van der Waals surface area contributed by atoms with Crippen molar-refractivity contribution in [1.82, 2.24) is 0 Å². The summed E-state index contributed by atoms with van der Waals surface area (Å²) in [5.41, 5.74) is 0.662. The summed E-state index contributed by atoms with van der Waals surface area (Å²) in [6.45, 7) is -0.198. The summed E-state index contributed by atoms with van der Waals surface area (Å²) in [6, 6.07) is 9.39. The Bertz CT molecular complexity index is 1060. The lowest BCUT2D eigenvalue weighted by Crippen LogP contribution is -2.30. The number of alkyl halides is 2. The molecule has 152 valence electrons. The second-order valence-corrected chi connectivity index (χ2v) is 6.11. The Hall–Kier alpha value is -3.49. The number of carbonyl (C=O) groups excluding carboxylic acids is 2. The van der Waals surface area contributed by atoms with Crippen LogP contribution in [0, 0.1) is 12.7 Å². The zero-order valence-electron chi connectivity index (χ0n) is 15.4. The van der Waals surface area contributed by atoms with Gasteiger partial charge in [-0.2, -0.15) is 8.78 Å².